The van der Waals surface area contributed by atoms with Crippen molar-refractivity contribution < 1.29 is 14.0 Å². The molecule has 0 aliphatic carbocycles. The molecule has 152 valence electrons. The Labute approximate surface area is 177 Å². The predicted molar refractivity (Wildman–Crippen MR) is 114 cm³/mol. The lowest BCUT2D eigenvalue weighted by Crippen LogP contribution is -2.31. The van der Waals surface area contributed by atoms with Crippen LogP contribution in [0.3, 0.4) is 0 Å². The van der Waals surface area contributed by atoms with E-state index in [0.717, 1.165) is 11.3 Å². The smallest absolute Gasteiger partial charge is 0.257 e. The van der Waals surface area contributed by atoms with Gasteiger partial charge in [0, 0.05) is 5.56 Å². The summed E-state index contributed by atoms with van der Waals surface area (Å²) in [6.07, 6.45) is 1.61. The minimum atomic E-state index is -0.408. The van der Waals surface area contributed by atoms with E-state index in [-0.39, 0.29) is 17.1 Å². The molecule has 2 N–H and O–H groups in total. The second-order valence-electron chi connectivity index (χ2n) is 7.30. The molecule has 2 heterocycles. The highest BCUT2D eigenvalue weighted by molar-refractivity contribution is 8.01. The maximum Gasteiger partial charge on any atom is 0.257 e. The molecule has 0 radical (unpaired) electrons. The molecule has 0 saturated carbocycles. The average Bonchev–Trinajstić information content (AvgIpc) is 3.36. The molecule has 0 bridgehead atoms. The summed E-state index contributed by atoms with van der Waals surface area (Å²) in [5.41, 5.74) is 1.59. The summed E-state index contributed by atoms with van der Waals surface area (Å²) >= 11 is 2.57. The molecule has 3 rings (SSSR count). The number of nitrogens with one attached hydrogen (secondary N) is 2. The fourth-order valence-electron chi connectivity index (χ4n) is 2.40. The second-order valence-corrected chi connectivity index (χ2v) is 9.50. The van der Waals surface area contributed by atoms with Crippen molar-refractivity contribution in [2.45, 2.75) is 37.1 Å². The summed E-state index contributed by atoms with van der Waals surface area (Å²) < 4.78 is 5.88. The van der Waals surface area contributed by atoms with Crippen molar-refractivity contribution in [2.24, 2.45) is 0 Å². The Bertz CT molecular complexity index is 961. The van der Waals surface area contributed by atoms with Crippen LogP contribution in [0.1, 0.15) is 42.5 Å². The van der Waals surface area contributed by atoms with Gasteiger partial charge in [-0.15, -0.1) is 10.2 Å². The number of carbonyl (C=O) groups is 2. The molecule has 0 fully saturated rings. The van der Waals surface area contributed by atoms with Gasteiger partial charge in [-0.05, 0) is 35.2 Å². The van der Waals surface area contributed by atoms with Crippen molar-refractivity contribution in [3.8, 4) is 0 Å². The van der Waals surface area contributed by atoms with Crippen molar-refractivity contribution in [1.29, 1.82) is 0 Å². The Balaban J connectivity index is 1.45. The lowest BCUT2D eigenvalue weighted by molar-refractivity contribution is -0.117. The van der Waals surface area contributed by atoms with Gasteiger partial charge in [-0.2, -0.15) is 0 Å². The van der Waals surface area contributed by atoms with E-state index in [1.807, 2.05) is 24.3 Å². The largest absolute Gasteiger partial charge is 0.467 e. The van der Waals surface area contributed by atoms with Crippen LogP contribution >= 0.6 is 23.1 Å². The minimum Gasteiger partial charge on any atom is -0.467 e. The number of anilines is 1. The number of furan rings is 1. The summed E-state index contributed by atoms with van der Waals surface area (Å²) in [5, 5.41) is 14.2. The van der Waals surface area contributed by atoms with E-state index in [0.29, 0.717) is 21.6 Å². The van der Waals surface area contributed by atoms with Crippen LogP contribution in [0.5, 0.6) is 0 Å². The van der Waals surface area contributed by atoms with E-state index in [9.17, 15) is 9.59 Å². The van der Waals surface area contributed by atoms with Crippen molar-refractivity contribution in [1.82, 2.24) is 15.5 Å². The van der Waals surface area contributed by atoms with Gasteiger partial charge in [0.25, 0.3) is 5.91 Å². The Hall–Kier alpha value is -2.65. The third kappa shape index (κ3) is 6.16. The van der Waals surface area contributed by atoms with E-state index in [4.69, 9.17) is 4.42 Å². The van der Waals surface area contributed by atoms with E-state index >= 15 is 0 Å². The first-order valence-corrected chi connectivity index (χ1v) is 10.8. The van der Waals surface area contributed by atoms with Crippen LogP contribution in [0.2, 0.25) is 0 Å². The molecule has 0 atom stereocenters. The zero-order valence-electron chi connectivity index (χ0n) is 16.4. The van der Waals surface area contributed by atoms with Crippen LogP contribution in [0.25, 0.3) is 0 Å². The quantitative estimate of drug-likeness (QED) is 0.545. The number of amides is 2. The minimum absolute atomic E-state index is 0.00881. The highest BCUT2D eigenvalue weighted by atomic mass is 32.2. The van der Waals surface area contributed by atoms with Crippen molar-refractivity contribution in [3.05, 3.63) is 59.5 Å². The van der Waals surface area contributed by atoms with E-state index < -0.39 is 5.91 Å². The lowest BCUT2D eigenvalue weighted by atomic mass is 9.87. The van der Waals surface area contributed by atoms with Gasteiger partial charge < -0.3 is 9.73 Å². The van der Waals surface area contributed by atoms with Crippen molar-refractivity contribution >= 4 is 40.0 Å². The number of thioether (sulfide) groups is 1. The molecule has 2 amide bonds. The maximum absolute atomic E-state index is 12.2. The van der Waals surface area contributed by atoms with Gasteiger partial charge in [0.15, 0.2) is 4.34 Å². The highest BCUT2D eigenvalue weighted by Crippen LogP contribution is 2.26. The SMILES string of the molecule is CC(C)(C)c1ccc(C(=O)NC(=O)CSc2nnc(NCc3ccco3)s2)cc1. The zero-order chi connectivity index (χ0) is 20.9. The number of imide groups is 1. The molecule has 1 aromatic carbocycles. The topological polar surface area (TPSA) is 97.1 Å². The number of hydrogen-bond donors (Lipinski definition) is 2. The van der Waals surface area contributed by atoms with Crippen LogP contribution in [-0.4, -0.2) is 27.8 Å². The maximum atomic E-state index is 12.2. The first-order chi connectivity index (χ1) is 13.8. The van der Waals surface area contributed by atoms with Crippen LogP contribution < -0.4 is 10.6 Å². The Morgan fingerprint density at radius 2 is 1.90 bits per heavy atom. The number of nitrogens with zero attached hydrogens (tertiary/aromatic N) is 2. The molecule has 2 aromatic heterocycles. The number of benzene rings is 1. The summed E-state index contributed by atoms with van der Waals surface area (Å²) in [7, 11) is 0. The number of rotatable bonds is 7. The molecule has 9 heteroatoms. The van der Waals surface area contributed by atoms with Crippen LogP contribution in [0, 0.1) is 0 Å². The van der Waals surface area contributed by atoms with Gasteiger partial charge in [0.2, 0.25) is 11.0 Å². The molecule has 0 unspecified atom stereocenters. The summed E-state index contributed by atoms with van der Waals surface area (Å²) in [6, 6.07) is 11.0. The third-order valence-electron chi connectivity index (χ3n) is 3.99. The Kier molecular flexibility index (Phi) is 6.71. The summed E-state index contributed by atoms with van der Waals surface area (Å²) in [5.74, 6) is 0.0932. The molecular weight excluding hydrogens is 408 g/mol. The van der Waals surface area contributed by atoms with Gasteiger partial charge in [0.05, 0.1) is 18.6 Å². The van der Waals surface area contributed by atoms with Crippen LogP contribution in [-0.2, 0) is 16.8 Å². The normalized spacial score (nSPS) is 11.3. The fraction of sp³-hybridized carbons (Fsp3) is 0.300. The Morgan fingerprint density at radius 1 is 1.14 bits per heavy atom. The molecule has 0 spiro atoms. The standard InChI is InChI=1S/C20H22N4O3S2/c1-20(2,3)14-8-6-13(7-9-14)17(26)22-16(25)12-28-19-24-23-18(29-19)21-11-15-5-4-10-27-15/h4-10H,11-12H2,1-3H3,(H,21,23)(H,22,25,26). The second kappa shape index (κ2) is 9.23. The third-order valence-corrected chi connectivity index (χ3v) is 6.01. The van der Waals surface area contributed by atoms with Gasteiger partial charge in [-0.3, -0.25) is 14.9 Å². The summed E-state index contributed by atoms with van der Waals surface area (Å²) in [6.45, 7) is 6.83. The van der Waals surface area contributed by atoms with E-state index in [1.165, 1.54) is 23.1 Å². The van der Waals surface area contributed by atoms with Gasteiger partial charge in [0.1, 0.15) is 5.76 Å². The van der Waals surface area contributed by atoms with Gasteiger partial charge >= 0.3 is 0 Å². The van der Waals surface area contributed by atoms with Gasteiger partial charge in [-0.25, -0.2) is 0 Å². The van der Waals surface area contributed by atoms with Crippen molar-refractivity contribution in [2.75, 3.05) is 11.1 Å². The van der Waals surface area contributed by atoms with Crippen molar-refractivity contribution in [3.63, 3.8) is 0 Å². The molecule has 0 aliphatic heterocycles. The fourth-order valence-corrected chi connectivity index (χ4v) is 3.95. The molecule has 7 nitrogen and oxygen atoms in total. The van der Waals surface area contributed by atoms with E-state index in [1.54, 1.807) is 18.4 Å². The lowest BCUT2D eigenvalue weighted by Gasteiger charge is -2.18. The summed E-state index contributed by atoms with van der Waals surface area (Å²) in [4.78, 5) is 24.3. The zero-order valence-corrected chi connectivity index (χ0v) is 18.0. The monoisotopic (exact) mass is 430 g/mol. The van der Waals surface area contributed by atoms with Crippen LogP contribution in [0.4, 0.5) is 5.13 Å². The number of carbonyl (C=O) groups excluding carboxylic acids is 2. The average molecular weight is 431 g/mol. The molecule has 29 heavy (non-hydrogen) atoms. The first-order valence-electron chi connectivity index (χ1n) is 8.98. The highest BCUT2D eigenvalue weighted by Gasteiger charge is 2.16. The van der Waals surface area contributed by atoms with Gasteiger partial charge in [-0.1, -0.05) is 56.0 Å². The molecule has 0 aliphatic rings. The molecule has 3 aromatic rings. The first kappa shape index (κ1) is 21.1. The number of aromatic nitrogens is 2. The predicted octanol–water partition coefficient (Wildman–Crippen LogP) is 4.09. The molecular formula is C20H22N4O3S2. The molecule has 0 saturated heterocycles. The number of hydrogen-bond acceptors (Lipinski definition) is 8. The van der Waals surface area contributed by atoms with Crippen LogP contribution in [0.15, 0.2) is 51.4 Å². The Morgan fingerprint density at radius 3 is 2.55 bits per heavy atom. The van der Waals surface area contributed by atoms with E-state index in [2.05, 4.69) is 41.6 Å².